The minimum absolute atomic E-state index is 0.00579. The van der Waals surface area contributed by atoms with E-state index < -0.39 is 0 Å². The molecule has 1 N–H and O–H groups in total. The average molecular weight is 317 g/mol. The summed E-state index contributed by atoms with van der Waals surface area (Å²) in [4.78, 5) is 16.8. The van der Waals surface area contributed by atoms with Gasteiger partial charge in [-0.2, -0.15) is 0 Å². The number of rotatable bonds is 3. The zero-order chi connectivity index (χ0) is 16.4. The highest BCUT2D eigenvalue weighted by Gasteiger charge is 2.24. The molecule has 0 spiro atoms. The molecule has 23 heavy (non-hydrogen) atoms. The maximum absolute atomic E-state index is 12.4. The Morgan fingerprint density at radius 1 is 1.43 bits per heavy atom. The van der Waals surface area contributed by atoms with E-state index in [1.807, 2.05) is 4.57 Å². The van der Waals surface area contributed by atoms with Crippen LogP contribution >= 0.6 is 0 Å². The van der Waals surface area contributed by atoms with Crippen LogP contribution in [0.25, 0.3) is 0 Å². The molecule has 3 rings (SSSR count). The van der Waals surface area contributed by atoms with Crippen molar-refractivity contribution in [1.82, 2.24) is 25.1 Å². The van der Waals surface area contributed by atoms with Crippen molar-refractivity contribution in [3.8, 4) is 0 Å². The highest BCUT2D eigenvalue weighted by Crippen LogP contribution is 2.21. The van der Waals surface area contributed by atoms with Crippen molar-refractivity contribution in [3.63, 3.8) is 0 Å². The highest BCUT2D eigenvalue weighted by atomic mass is 16.3. The van der Waals surface area contributed by atoms with E-state index in [-0.39, 0.29) is 17.2 Å². The number of nitrogens with zero attached hydrogens (tertiary/aromatic N) is 4. The molecule has 3 heterocycles. The number of aromatic nitrogens is 4. The van der Waals surface area contributed by atoms with Crippen LogP contribution in [0.2, 0.25) is 0 Å². The van der Waals surface area contributed by atoms with Crippen LogP contribution in [0, 0.1) is 5.92 Å². The van der Waals surface area contributed by atoms with Crippen LogP contribution in [0.3, 0.4) is 0 Å². The van der Waals surface area contributed by atoms with Crippen molar-refractivity contribution >= 4 is 5.91 Å². The van der Waals surface area contributed by atoms with E-state index in [0.717, 1.165) is 37.3 Å². The summed E-state index contributed by atoms with van der Waals surface area (Å²) in [6, 6.07) is 0. The summed E-state index contributed by atoms with van der Waals surface area (Å²) in [5.41, 5.74) is 0.843. The number of fused-ring (bicyclic) bond motifs is 1. The van der Waals surface area contributed by atoms with Crippen molar-refractivity contribution in [1.29, 1.82) is 0 Å². The van der Waals surface area contributed by atoms with Gasteiger partial charge in [-0.25, -0.2) is 4.98 Å². The van der Waals surface area contributed by atoms with Gasteiger partial charge in [-0.3, -0.25) is 4.79 Å². The zero-order valence-corrected chi connectivity index (χ0v) is 13.9. The van der Waals surface area contributed by atoms with Crippen LogP contribution < -0.4 is 5.32 Å². The lowest BCUT2D eigenvalue weighted by atomic mass is 9.93. The smallest absolute Gasteiger partial charge is 0.223 e. The van der Waals surface area contributed by atoms with E-state index >= 15 is 0 Å². The first-order valence-corrected chi connectivity index (χ1v) is 8.03. The molecule has 2 aromatic rings. The summed E-state index contributed by atoms with van der Waals surface area (Å²) >= 11 is 0. The van der Waals surface area contributed by atoms with Gasteiger partial charge in [0.2, 0.25) is 11.8 Å². The molecule has 7 nitrogen and oxygen atoms in total. The summed E-state index contributed by atoms with van der Waals surface area (Å²) in [5.74, 6) is 1.56. The van der Waals surface area contributed by atoms with Crippen molar-refractivity contribution in [3.05, 3.63) is 30.0 Å². The van der Waals surface area contributed by atoms with Crippen LogP contribution in [0.5, 0.6) is 0 Å². The molecule has 0 radical (unpaired) electrons. The Bertz CT molecular complexity index is 660. The predicted molar refractivity (Wildman–Crippen MR) is 83.5 cm³/mol. The number of carbonyl (C=O) groups excluding carboxylic acids is 1. The standard InChI is InChI=1S/C16H23N5O2/c1-16(2,3)12-9-23-14(19-12)8-17-15(22)11-4-5-13-20-18-10-21(13)7-6-11/h9-11H,4-8H2,1-3H3,(H,17,22). The summed E-state index contributed by atoms with van der Waals surface area (Å²) < 4.78 is 7.47. The Morgan fingerprint density at radius 3 is 3.00 bits per heavy atom. The average Bonchev–Trinajstić information content (AvgIpc) is 3.10. The first kappa shape index (κ1) is 15.7. The van der Waals surface area contributed by atoms with Gasteiger partial charge in [0, 0.05) is 24.3 Å². The third-order valence-electron chi connectivity index (χ3n) is 4.24. The second-order valence-electron chi connectivity index (χ2n) is 7.06. The fourth-order valence-corrected chi connectivity index (χ4v) is 2.71. The van der Waals surface area contributed by atoms with Gasteiger partial charge >= 0.3 is 0 Å². The summed E-state index contributed by atoms with van der Waals surface area (Å²) in [6.45, 7) is 7.36. The number of oxazole rings is 1. The molecule has 7 heteroatoms. The van der Waals surface area contributed by atoms with Gasteiger partial charge in [-0.05, 0) is 12.8 Å². The molecule has 2 aromatic heterocycles. The third kappa shape index (κ3) is 3.60. The lowest BCUT2D eigenvalue weighted by molar-refractivity contribution is -0.125. The quantitative estimate of drug-likeness (QED) is 0.933. The Hall–Kier alpha value is -2.18. The van der Waals surface area contributed by atoms with Crippen LogP contribution in [-0.2, 0) is 29.7 Å². The lowest BCUT2D eigenvalue weighted by Gasteiger charge is -2.13. The molecule has 0 bridgehead atoms. The van der Waals surface area contributed by atoms with Gasteiger partial charge < -0.3 is 14.3 Å². The lowest BCUT2D eigenvalue weighted by Crippen LogP contribution is -2.30. The molecule has 0 saturated carbocycles. The molecular formula is C16H23N5O2. The molecule has 0 saturated heterocycles. The Morgan fingerprint density at radius 2 is 2.26 bits per heavy atom. The topological polar surface area (TPSA) is 85.8 Å². The SMILES string of the molecule is CC(C)(C)c1coc(CNC(=O)C2CCc3nncn3CC2)n1. The molecule has 0 aliphatic carbocycles. The molecule has 0 fully saturated rings. The zero-order valence-electron chi connectivity index (χ0n) is 13.9. The second kappa shape index (κ2) is 6.14. The van der Waals surface area contributed by atoms with Gasteiger partial charge in [0.25, 0.3) is 0 Å². The minimum atomic E-state index is -0.0540. The molecule has 1 aliphatic rings. The van der Waals surface area contributed by atoms with Gasteiger partial charge in [0.1, 0.15) is 18.4 Å². The Labute approximate surface area is 135 Å². The van der Waals surface area contributed by atoms with Gasteiger partial charge in [-0.15, -0.1) is 10.2 Å². The van der Waals surface area contributed by atoms with E-state index in [2.05, 4.69) is 41.3 Å². The molecular weight excluding hydrogens is 294 g/mol. The van der Waals surface area contributed by atoms with Crippen LogP contribution in [0.4, 0.5) is 0 Å². The van der Waals surface area contributed by atoms with E-state index in [1.165, 1.54) is 0 Å². The summed E-state index contributed by atoms with van der Waals surface area (Å²) in [7, 11) is 0. The molecule has 1 amide bonds. The van der Waals surface area contributed by atoms with Crippen LogP contribution in [0.1, 0.15) is 51.0 Å². The van der Waals surface area contributed by atoms with E-state index in [1.54, 1.807) is 12.6 Å². The van der Waals surface area contributed by atoms with Crippen molar-refractivity contribution < 1.29 is 9.21 Å². The second-order valence-corrected chi connectivity index (χ2v) is 7.06. The number of hydrogen-bond acceptors (Lipinski definition) is 5. The number of aryl methyl sites for hydroxylation is 2. The number of carbonyl (C=O) groups is 1. The highest BCUT2D eigenvalue weighted by molar-refractivity contribution is 5.78. The summed E-state index contributed by atoms with van der Waals surface area (Å²) in [5, 5.41) is 10.9. The number of amides is 1. The van der Waals surface area contributed by atoms with E-state index in [4.69, 9.17) is 4.42 Å². The van der Waals surface area contributed by atoms with Gasteiger partial charge in [0.15, 0.2) is 0 Å². The van der Waals surface area contributed by atoms with Crippen molar-refractivity contribution in [2.24, 2.45) is 5.92 Å². The molecule has 0 aromatic carbocycles. The Balaban J connectivity index is 1.53. The largest absolute Gasteiger partial charge is 0.447 e. The normalized spacial score (nSPS) is 18.3. The fourth-order valence-electron chi connectivity index (χ4n) is 2.71. The monoisotopic (exact) mass is 317 g/mol. The van der Waals surface area contributed by atoms with E-state index in [9.17, 15) is 4.79 Å². The minimum Gasteiger partial charge on any atom is -0.447 e. The third-order valence-corrected chi connectivity index (χ3v) is 4.24. The first-order valence-electron chi connectivity index (χ1n) is 8.03. The van der Waals surface area contributed by atoms with Crippen molar-refractivity contribution in [2.45, 2.75) is 58.5 Å². The van der Waals surface area contributed by atoms with Crippen LogP contribution in [0.15, 0.2) is 17.0 Å². The van der Waals surface area contributed by atoms with Gasteiger partial charge in [-0.1, -0.05) is 20.8 Å². The molecule has 1 aliphatic heterocycles. The summed E-state index contributed by atoms with van der Waals surface area (Å²) in [6.07, 6.45) is 5.78. The number of hydrogen-bond donors (Lipinski definition) is 1. The molecule has 1 atom stereocenters. The van der Waals surface area contributed by atoms with E-state index in [0.29, 0.717) is 12.4 Å². The fraction of sp³-hybridized carbons (Fsp3) is 0.625. The predicted octanol–water partition coefficient (Wildman–Crippen LogP) is 1.83. The van der Waals surface area contributed by atoms with Gasteiger partial charge in [0.05, 0.1) is 12.2 Å². The number of nitrogens with one attached hydrogen (secondary N) is 1. The maximum atomic E-state index is 12.4. The molecule has 1 unspecified atom stereocenters. The van der Waals surface area contributed by atoms with Crippen molar-refractivity contribution in [2.75, 3.05) is 0 Å². The molecule has 124 valence electrons. The Kier molecular flexibility index (Phi) is 4.19. The maximum Gasteiger partial charge on any atom is 0.223 e. The first-order chi connectivity index (χ1) is 10.9. The van der Waals surface area contributed by atoms with Crippen LogP contribution in [-0.4, -0.2) is 25.7 Å².